The SMILES string of the molecule is CCCCCC(=O)C(=S=O)c1ccccc1. The smallest absolute Gasteiger partial charge is 0.176 e. The van der Waals surface area contributed by atoms with Gasteiger partial charge in [-0.15, -0.1) is 0 Å². The molecular weight excluding hydrogens is 220 g/mol. The summed E-state index contributed by atoms with van der Waals surface area (Å²) in [7, 11) is 0. The zero-order valence-corrected chi connectivity index (χ0v) is 10.3. The molecule has 0 saturated heterocycles. The van der Waals surface area contributed by atoms with Crippen molar-refractivity contribution >= 4 is 21.9 Å². The van der Waals surface area contributed by atoms with Crippen LogP contribution in [-0.2, 0) is 16.1 Å². The molecule has 1 rings (SSSR count). The fraction of sp³-hybridized carbons (Fsp3) is 0.385. The highest BCUT2D eigenvalue weighted by atomic mass is 32.1. The van der Waals surface area contributed by atoms with Crippen LogP contribution < -0.4 is 0 Å². The molecule has 0 atom stereocenters. The van der Waals surface area contributed by atoms with E-state index in [9.17, 15) is 9.00 Å². The molecule has 0 amide bonds. The Morgan fingerprint density at radius 1 is 1.19 bits per heavy atom. The van der Waals surface area contributed by atoms with Gasteiger partial charge in [0.05, 0.1) is 0 Å². The molecule has 0 radical (unpaired) electrons. The summed E-state index contributed by atoms with van der Waals surface area (Å²) in [6, 6.07) is 9.16. The maximum Gasteiger partial charge on any atom is 0.176 e. The zero-order chi connectivity index (χ0) is 11.8. The molecular formula is C13H16O2S. The van der Waals surface area contributed by atoms with Gasteiger partial charge in [0.2, 0.25) is 0 Å². The average molecular weight is 236 g/mol. The highest BCUT2D eigenvalue weighted by Crippen LogP contribution is 2.06. The van der Waals surface area contributed by atoms with Crippen molar-refractivity contribution in [2.75, 3.05) is 0 Å². The second kappa shape index (κ2) is 7.12. The normalized spacial score (nSPS) is 9.81. The van der Waals surface area contributed by atoms with Crippen LogP contribution in [0.25, 0.3) is 0 Å². The van der Waals surface area contributed by atoms with E-state index in [2.05, 4.69) is 6.92 Å². The molecule has 0 aliphatic rings. The van der Waals surface area contributed by atoms with Crippen molar-refractivity contribution in [3.8, 4) is 0 Å². The van der Waals surface area contributed by atoms with Gasteiger partial charge in [0, 0.05) is 6.42 Å². The Bertz CT molecular complexity index is 392. The van der Waals surface area contributed by atoms with Gasteiger partial charge in [0.1, 0.15) is 16.1 Å². The second-order valence-corrected chi connectivity index (χ2v) is 4.23. The van der Waals surface area contributed by atoms with Crippen molar-refractivity contribution in [2.45, 2.75) is 32.6 Å². The minimum absolute atomic E-state index is 0.0281. The summed E-state index contributed by atoms with van der Waals surface area (Å²) in [6.07, 6.45) is 3.47. The maximum absolute atomic E-state index is 11.8. The quantitative estimate of drug-likeness (QED) is 0.432. The van der Waals surface area contributed by atoms with Gasteiger partial charge in [-0.3, -0.25) is 4.79 Å². The monoisotopic (exact) mass is 236 g/mol. The van der Waals surface area contributed by atoms with E-state index in [1.165, 1.54) is 0 Å². The van der Waals surface area contributed by atoms with Crippen LogP contribution in [0.4, 0.5) is 0 Å². The number of hydrogen-bond acceptors (Lipinski definition) is 2. The van der Waals surface area contributed by atoms with Crippen LogP contribution in [0.5, 0.6) is 0 Å². The number of unbranched alkanes of at least 4 members (excludes halogenated alkanes) is 2. The molecule has 2 nitrogen and oxygen atoms in total. The topological polar surface area (TPSA) is 34.1 Å². The van der Waals surface area contributed by atoms with E-state index >= 15 is 0 Å². The molecule has 3 heteroatoms. The summed E-state index contributed by atoms with van der Waals surface area (Å²) in [5.74, 6) is -0.0281. The van der Waals surface area contributed by atoms with Gasteiger partial charge >= 0.3 is 0 Å². The second-order valence-electron chi connectivity index (χ2n) is 3.66. The molecule has 0 spiro atoms. The maximum atomic E-state index is 11.8. The van der Waals surface area contributed by atoms with E-state index in [4.69, 9.17) is 0 Å². The number of Topliss-reactive ketones (excluding diaryl/α,β-unsaturated/α-hetero) is 1. The third-order valence-corrected chi connectivity index (χ3v) is 3.01. The number of rotatable bonds is 6. The lowest BCUT2D eigenvalue weighted by atomic mass is 10.0. The van der Waals surface area contributed by atoms with E-state index in [1.807, 2.05) is 18.2 Å². The first-order valence-electron chi connectivity index (χ1n) is 5.55. The third-order valence-electron chi connectivity index (χ3n) is 2.38. The summed E-state index contributed by atoms with van der Waals surface area (Å²) >= 11 is 0.306. The van der Waals surface area contributed by atoms with Gasteiger partial charge in [-0.1, -0.05) is 50.1 Å². The van der Waals surface area contributed by atoms with Gasteiger partial charge in [0.15, 0.2) is 5.78 Å². The van der Waals surface area contributed by atoms with E-state index in [1.54, 1.807) is 12.1 Å². The van der Waals surface area contributed by atoms with E-state index in [-0.39, 0.29) is 5.78 Å². The Hall–Kier alpha value is -1.22. The standard InChI is InChI=1S/C13H16O2S/c1-2-3-5-10-12(14)13(16-15)11-8-6-4-7-9-11/h4,6-9H,2-3,5,10H2,1H3. The predicted octanol–water partition coefficient (Wildman–Crippen LogP) is 2.57. The highest BCUT2D eigenvalue weighted by molar-refractivity contribution is 7.69. The van der Waals surface area contributed by atoms with Gasteiger partial charge < -0.3 is 0 Å². The molecule has 0 fully saturated rings. The van der Waals surface area contributed by atoms with Gasteiger partial charge in [-0.25, -0.2) is 4.21 Å². The predicted molar refractivity (Wildman–Crippen MR) is 67.8 cm³/mol. The molecule has 86 valence electrons. The molecule has 0 bridgehead atoms. The first-order chi connectivity index (χ1) is 7.79. The van der Waals surface area contributed by atoms with Crippen molar-refractivity contribution in [3.05, 3.63) is 35.9 Å². The summed E-state index contributed by atoms with van der Waals surface area (Å²) in [5.41, 5.74) is 0.740. The third kappa shape index (κ3) is 3.74. The molecule has 0 N–H and O–H groups in total. The first-order valence-corrected chi connectivity index (χ1v) is 6.29. The Kier molecular flexibility index (Phi) is 5.72. The van der Waals surface area contributed by atoms with Gasteiger partial charge in [-0.2, -0.15) is 0 Å². The van der Waals surface area contributed by atoms with Crippen LogP contribution in [0.1, 0.15) is 38.2 Å². The van der Waals surface area contributed by atoms with Gasteiger partial charge in [-0.05, 0) is 12.0 Å². The molecule has 0 heterocycles. The van der Waals surface area contributed by atoms with Crippen LogP contribution in [0.15, 0.2) is 30.3 Å². The van der Waals surface area contributed by atoms with Crippen molar-refractivity contribution in [1.82, 2.24) is 0 Å². The molecule has 0 aliphatic carbocycles. The van der Waals surface area contributed by atoms with E-state index in [0.29, 0.717) is 22.5 Å². The molecule has 16 heavy (non-hydrogen) atoms. The lowest BCUT2D eigenvalue weighted by Crippen LogP contribution is -2.14. The fourth-order valence-electron chi connectivity index (χ4n) is 1.49. The minimum atomic E-state index is -0.0281. The van der Waals surface area contributed by atoms with Crippen molar-refractivity contribution in [3.63, 3.8) is 0 Å². The number of carbonyl (C=O) groups is 1. The highest BCUT2D eigenvalue weighted by Gasteiger charge is 2.12. The first kappa shape index (κ1) is 12.8. The number of benzene rings is 1. The number of carbonyl (C=O) groups excluding carboxylic acids is 1. The van der Waals surface area contributed by atoms with Gasteiger partial charge in [0.25, 0.3) is 0 Å². The number of hydrogen-bond donors (Lipinski definition) is 0. The van der Waals surface area contributed by atoms with E-state index in [0.717, 1.165) is 24.8 Å². The Labute approximate surface area is 99.8 Å². The van der Waals surface area contributed by atoms with Crippen molar-refractivity contribution < 1.29 is 9.00 Å². The average Bonchev–Trinajstić information content (AvgIpc) is 2.32. The lowest BCUT2D eigenvalue weighted by molar-refractivity contribution is -0.112. The van der Waals surface area contributed by atoms with Crippen molar-refractivity contribution in [1.29, 1.82) is 0 Å². The van der Waals surface area contributed by atoms with Crippen LogP contribution in [0, 0.1) is 0 Å². The summed E-state index contributed by atoms with van der Waals surface area (Å²) in [5, 5.41) is 0. The molecule has 1 aromatic rings. The lowest BCUT2D eigenvalue weighted by Gasteiger charge is -2.02. The number of ketones is 1. The molecule has 1 aromatic carbocycles. The molecule has 0 unspecified atom stereocenters. The van der Waals surface area contributed by atoms with Crippen LogP contribution in [0.3, 0.4) is 0 Å². The molecule has 0 aromatic heterocycles. The zero-order valence-electron chi connectivity index (χ0n) is 9.44. The van der Waals surface area contributed by atoms with E-state index < -0.39 is 0 Å². The summed E-state index contributed by atoms with van der Waals surface area (Å²) < 4.78 is 11.0. The van der Waals surface area contributed by atoms with Crippen LogP contribution >= 0.6 is 0 Å². The largest absolute Gasteiger partial charge is 0.293 e. The Morgan fingerprint density at radius 3 is 2.44 bits per heavy atom. The summed E-state index contributed by atoms with van der Waals surface area (Å²) in [6.45, 7) is 2.09. The van der Waals surface area contributed by atoms with Crippen LogP contribution in [0.2, 0.25) is 0 Å². The van der Waals surface area contributed by atoms with Crippen molar-refractivity contribution in [2.24, 2.45) is 0 Å². The van der Waals surface area contributed by atoms with Crippen LogP contribution in [-0.4, -0.2) is 14.9 Å². The molecule has 0 aliphatic heterocycles. The Balaban J connectivity index is 2.70. The Morgan fingerprint density at radius 2 is 1.88 bits per heavy atom. The fourth-order valence-corrected chi connectivity index (χ4v) is 1.92. The minimum Gasteiger partial charge on any atom is -0.293 e. The molecule has 0 saturated carbocycles. The summed E-state index contributed by atoms with van der Waals surface area (Å²) in [4.78, 5) is 12.1.